The van der Waals surface area contributed by atoms with Gasteiger partial charge in [-0.2, -0.15) is 0 Å². The summed E-state index contributed by atoms with van der Waals surface area (Å²) in [5.74, 6) is -0.960. The number of carboxylic acids is 1. The lowest BCUT2D eigenvalue weighted by atomic mass is 10.2. The molecular formula is C10H10ClFO2S. The van der Waals surface area contributed by atoms with Crippen LogP contribution in [0.4, 0.5) is 4.39 Å². The van der Waals surface area contributed by atoms with E-state index < -0.39 is 17.0 Å². The first kappa shape index (κ1) is 12.3. The summed E-state index contributed by atoms with van der Waals surface area (Å²) in [6.07, 6.45) is 0. The molecular weight excluding hydrogens is 239 g/mol. The van der Waals surface area contributed by atoms with E-state index in [0.29, 0.717) is 16.3 Å². The Labute approximate surface area is 96.4 Å². The maximum Gasteiger partial charge on any atom is 0.316 e. The van der Waals surface area contributed by atoms with Crippen molar-refractivity contribution in [2.45, 2.75) is 17.9 Å². The van der Waals surface area contributed by atoms with Crippen LogP contribution in [0.5, 0.6) is 0 Å². The highest BCUT2D eigenvalue weighted by Gasteiger charge is 2.12. The molecule has 0 aromatic heterocycles. The lowest BCUT2D eigenvalue weighted by molar-refractivity contribution is -0.136. The molecule has 0 fully saturated rings. The Kier molecular flexibility index (Phi) is 4.42. The van der Waals surface area contributed by atoms with E-state index in [1.54, 1.807) is 19.1 Å². The van der Waals surface area contributed by atoms with Crippen molar-refractivity contribution in [2.24, 2.45) is 0 Å². The second-order valence-corrected chi connectivity index (χ2v) is 4.79. The van der Waals surface area contributed by atoms with Gasteiger partial charge in [0.2, 0.25) is 0 Å². The second-order valence-electron chi connectivity index (χ2n) is 3.03. The summed E-state index contributed by atoms with van der Waals surface area (Å²) >= 11 is 6.76. The first-order valence-electron chi connectivity index (χ1n) is 4.29. The zero-order valence-electron chi connectivity index (χ0n) is 8.04. The quantitative estimate of drug-likeness (QED) is 0.889. The molecule has 1 atom stereocenters. The second kappa shape index (κ2) is 5.37. The van der Waals surface area contributed by atoms with Crippen molar-refractivity contribution in [3.05, 3.63) is 34.6 Å². The molecule has 0 saturated heterocycles. The molecule has 0 saturated carbocycles. The lowest BCUT2D eigenvalue weighted by Gasteiger charge is -2.06. The van der Waals surface area contributed by atoms with Gasteiger partial charge in [0.25, 0.3) is 0 Å². The molecule has 1 aromatic rings. The normalized spacial score (nSPS) is 12.5. The topological polar surface area (TPSA) is 37.3 Å². The summed E-state index contributed by atoms with van der Waals surface area (Å²) in [4.78, 5) is 10.5. The van der Waals surface area contributed by atoms with Gasteiger partial charge in [-0.15, -0.1) is 11.8 Å². The molecule has 0 aliphatic rings. The van der Waals surface area contributed by atoms with Crippen molar-refractivity contribution in [3.8, 4) is 0 Å². The first-order valence-corrected chi connectivity index (χ1v) is 5.71. The van der Waals surface area contributed by atoms with E-state index in [1.807, 2.05) is 0 Å². The molecule has 15 heavy (non-hydrogen) atoms. The van der Waals surface area contributed by atoms with Gasteiger partial charge in [0.15, 0.2) is 0 Å². The van der Waals surface area contributed by atoms with E-state index in [-0.39, 0.29) is 0 Å². The highest BCUT2D eigenvalue weighted by molar-refractivity contribution is 7.99. The third kappa shape index (κ3) is 3.72. The summed E-state index contributed by atoms with van der Waals surface area (Å²) in [5.41, 5.74) is 0.470. The highest BCUT2D eigenvalue weighted by atomic mass is 35.5. The van der Waals surface area contributed by atoms with Gasteiger partial charge >= 0.3 is 5.97 Å². The minimum atomic E-state index is -0.894. The SMILES string of the molecule is CC(SCc1ccc(Cl)cc1F)C(=O)O. The van der Waals surface area contributed by atoms with Crippen molar-refractivity contribution in [3.63, 3.8) is 0 Å². The zero-order chi connectivity index (χ0) is 11.4. The van der Waals surface area contributed by atoms with Gasteiger partial charge in [0.05, 0.1) is 5.25 Å². The van der Waals surface area contributed by atoms with Crippen LogP contribution in [0.1, 0.15) is 12.5 Å². The monoisotopic (exact) mass is 248 g/mol. The number of thioether (sulfide) groups is 1. The van der Waals surface area contributed by atoms with Crippen molar-refractivity contribution < 1.29 is 14.3 Å². The number of hydrogen-bond donors (Lipinski definition) is 1. The number of carboxylic acid groups (broad SMARTS) is 1. The van der Waals surface area contributed by atoms with E-state index in [4.69, 9.17) is 16.7 Å². The number of carbonyl (C=O) groups is 1. The maximum absolute atomic E-state index is 13.3. The Morgan fingerprint density at radius 2 is 2.33 bits per heavy atom. The first-order chi connectivity index (χ1) is 7.00. The van der Waals surface area contributed by atoms with Crippen LogP contribution in [0, 0.1) is 5.82 Å². The molecule has 2 nitrogen and oxygen atoms in total. The highest BCUT2D eigenvalue weighted by Crippen LogP contribution is 2.22. The molecule has 1 aromatic carbocycles. The molecule has 0 aliphatic carbocycles. The number of benzene rings is 1. The Balaban J connectivity index is 2.62. The number of rotatable bonds is 4. The van der Waals surface area contributed by atoms with Crippen LogP contribution >= 0.6 is 23.4 Å². The molecule has 1 rings (SSSR count). The standard InChI is InChI=1S/C10H10ClFO2S/c1-6(10(13)14)15-5-7-2-3-8(11)4-9(7)12/h2-4,6H,5H2,1H3,(H,13,14). The van der Waals surface area contributed by atoms with E-state index in [2.05, 4.69) is 0 Å². The smallest absolute Gasteiger partial charge is 0.316 e. The fraction of sp³-hybridized carbons (Fsp3) is 0.300. The third-order valence-electron chi connectivity index (χ3n) is 1.85. The predicted octanol–water partition coefficient (Wildman–Crippen LogP) is 3.19. The Bertz CT molecular complexity index is 370. The summed E-state index contributed by atoms with van der Waals surface area (Å²) in [6.45, 7) is 1.57. The van der Waals surface area contributed by atoms with Gasteiger partial charge in [0.1, 0.15) is 5.82 Å². The molecule has 0 amide bonds. The number of hydrogen-bond acceptors (Lipinski definition) is 2. The minimum Gasteiger partial charge on any atom is -0.480 e. The summed E-state index contributed by atoms with van der Waals surface area (Å²) in [7, 11) is 0. The van der Waals surface area contributed by atoms with E-state index in [9.17, 15) is 9.18 Å². The van der Waals surface area contributed by atoms with Gasteiger partial charge in [-0.05, 0) is 24.6 Å². The van der Waals surface area contributed by atoms with Crippen LogP contribution in [-0.2, 0) is 10.5 Å². The van der Waals surface area contributed by atoms with Crippen LogP contribution in [0.15, 0.2) is 18.2 Å². The van der Waals surface area contributed by atoms with Gasteiger partial charge in [-0.25, -0.2) is 4.39 Å². The Morgan fingerprint density at radius 1 is 1.67 bits per heavy atom. The molecule has 0 radical (unpaired) electrons. The molecule has 0 bridgehead atoms. The average molecular weight is 249 g/mol. The molecule has 1 N–H and O–H groups in total. The van der Waals surface area contributed by atoms with Crippen molar-refractivity contribution in [1.82, 2.24) is 0 Å². The third-order valence-corrected chi connectivity index (χ3v) is 3.27. The predicted molar refractivity (Wildman–Crippen MR) is 59.8 cm³/mol. The fourth-order valence-corrected chi connectivity index (χ4v) is 1.89. The van der Waals surface area contributed by atoms with Crippen LogP contribution in [0.3, 0.4) is 0 Å². The molecule has 0 heterocycles. The van der Waals surface area contributed by atoms with E-state index >= 15 is 0 Å². The fourth-order valence-electron chi connectivity index (χ4n) is 0.925. The Morgan fingerprint density at radius 3 is 2.87 bits per heavy atom. The van der Waals surface area contributed by atoms with Crippen LogP contribution in [0.25, 0.3) is 0 Å². The lowest BCUT2D eigenvalue weighted by Crippen LogP contribution is -2.11. The van der Waals surface area contributed by atoms with Gasteiger partial charge in [-0.3, -0.25) is 4.79 Å². The van der Waals surface area contributed by atoms with Crippen LogP contribution in [0.2, 0.25) is 5.02 Å². The van der Waals surface area contributed by atoms with Gasteiger partial charge in [-0.1, -0.05) is 17.7 Å². The van der Waals surface area contributed by atoms with E-state index in [0.717, 1.165) is 0 Å². The van der Waals surface area contributed by atoms with E-state index in [1.165, 1.54) is 17.8 Å². The Hall–Kier alpha value is -0.740. The van der Waals surface area contributed by atoms with Crippen LogP contribution < -0.4 is 0 Å². The summed E-state index contributed by atoms with van der Waals surface area (Å²) in [5, 5.41) is 8.44. The minimum absolute atomic E-state index is 0.330. The number of halogens is 2. The van der Waals surface area contributed by atoms with Crippen LogP contribution in [-0.4, -0.2) is 16.3 Å². The summed E-state index contributed by atoms with van der Waals surface area (Å²) in [6, 6.07) is 4.38. The molecule has 0 aliphatic heterocycles. The molecule has 82 valence electrons. The van der Waals surface area contributed by atoms with Crippen molar-refractivity contribution in [2.75, 3.05) is 0 Å². The van der Waals surface area contributed by atoms with Crippen molar-refractivity contribution in [1.29, 1.82) is 0 Å². The average Bonchev–Trinajstić information content (AvgIpc) is 2.15. The van der Waals surface area contributed by atoms with Crippen molar-refractivity contribution >= 4 is 29.3 Å². The molecule has 1 unspecified atom stereocenters. The van der Waals surface area contributed by atoms with Gasteiger partial charge < -0.3 is 5.11 Å². The summed E-state index contributed by atoms with van der Waals surface area (Å²) < 4.78 is 13.3. The molecule has 0 spiro atoms. The maximum atomic E-state index is 13.3. The van der Waals surface area contributed by atoms with Gasteiger partial charge in [0, 0.05) is 10.8 Å². The number of aliphatic carboxylic acids is 1. The largest absolute Gasteiger partial charge is 0.480 e. The zero-order valence-corrected chi connectivity index (χ0v) is 9.61. The molecule has 5 heteroatoms.